The molecule has 1 fully saturated rings. The summed E-state index contributed by atoms with van der Waals surface area (Å²) in [5.41, 5.74) is 1.75. The van der Waals surface area contributed by atoms with Crippen molar-refractivity contribution in [3.05, 3.63) is 33.8 Å². The number of benzene rings is 1. The summed E-state index contributed by atoms with van der Waals surface area (Å²) >= 11 is 5.61. The first-order chi connectivity index (χ1) is 10.1. The van der Waals surface area contributed by atoms with E-state index in [-0.39, 0.29) is 5.97 Å². The summed E-state index contributed by atoms with van der Waals surface area (Å²) < 4.78 is 5.68. The normalized spacial score (nSPS) is 21.5. The maximum absolute atomic E-state index is 11.5. The van der Waals surface area contributed by atoms with Crippen molar-refractivity contribution < 1.29 is 9.53 Å². The van der Waals surface area contributed by atoms with E-state index < -0.39 is 0 Å². The number of halogens is 1. The van der Waals surface area contributed by atoms with Gasteiger partial charge in [-0.15, -0.1) is 0 Å². The molecular formula is C16H22BrNO2S. The van der Waals surface area contributed by atoms with E-state index in [1.165, 1.54) is 37.7 Å². The smallest absolute Gasteiger partial charge is 0.337 e. The summed E-state index contributed by atoms with van der Waals surface area (Å²) in [6.45, 7) is 3.06. The van der Waals surface area contributed by atoms with Gasteiger partial charge in [-0.05, 0) is 42.7 Å². The van der Waals surface area contributed by atoms with E-state index in [0.29, 0.717) is 11.6 Å². The highest BCUT2D eigenvalue weighted by molar-refractivity contribution is 9.10. The van der Waals surface area contributed by atoms with Gasteiger partial charge >= 0.3 is 5.97 Å². The molecule has 0 saturated heterocycles. The highest BCUT2D eigenvalue weighted by Gasteiger charge is 2.24. The first-order valence-corrected chi connectivity index (χ1v) is 9.20. The Labute approximate surface area is 139 Å². The van der Waals surface area contributed by atoms with Gasteiger partial charge in [-0.1, -0.05) is 28.9 Å². The number of carbonyl (C=O) groups excluding carboxylic acids is 1. The van der Waals surface area contributed by atoms with E-state index in [0.717, 1.165) is 16.3 Å². The Bertz CT molecular complexity index is 495. The SMILES string of the molecule is CCSC1CCC(NCc2ccc(C(=O)OC)cc2Br)C1. The van der Waals surface area contributed by atoms with Crippen molar-refractivity contribution in [2.45, 2.75) is 44.0 Å². The van der Waals surface area contributed by atoms with Crippen molar-refractivity contribution >= 4 is 33.7 Å². The third kappa shape index (κ3) is 4.73. The fraction of sp³-hybridized carbons (Fsp3) is 0.562. The number of methoxy groups -OCH3 is 1. The van der Waals surface area contributed by atoms with Gasteiger partial charge in [-0.3, -0.25) is 0 Å². The van der Waals surface area contributed by atoms with Gasteiger partial charge in [0.2, 0.25) is 0 Å². The Hall–Kier alpha value is -0.520. The molecule has 3 nitrogen and oxygen atoms in total. The zero-order chi connectivity index (χ0) is 15.2. The summed E-state index contributed by atoms with van der Waals surface area (Å²) in [6.07, 6.45) is 3.84. The molecule has 1 aliphatic carbocycles. The van der Waals surface area contributed by atoms with Crippen molar-refractivity contribution in [1.29, 1.82) is 0 Å². The van der Waals surface area contributed by atoms with Crippen molar-refractivity contribution in [2.75, 3.05) is 12.9 Å². The van der Waals surface area contributed by atoms with Crippen LogP contribution in [-0.4, -0.2) is 30.1 Å². The number of thioether (sulfide) groups is 1. The molecule has 1 aromatic carbocycles. The lowest BCUT2D eigenvalue weighted by Gasteiger charge is -2.14. The van der Waals surface area contributed by atoms with E-state index in [2.05, 4.69) is 39.9 Å². The predicted octanol–water partition coefficient (Wildman–Crippen LogP) is 4.00. The molecular weight excluding hydrogens is 350 g/mol. The Balaban J connectivity index is 1.88. The Kier molecular flexibility index (Phi) is 6.58. The highest BCUT2D eigenvalue weighted by Crippen LogP contribution is 2.30. The molecule has 2 atom stereocenters. The van der Waals surface area contributed by atoms with Gasteiger partial charge in [0.25, 0.3) is 0 Å². The van der Waals surface area contributed by atoms with E-state index in [4.69, 9.17) is 4.74 Å². The minimum atomic E-state index is -0.301. The van der Waals surface area contributed by atoms with Crippen molar-refractivity contribution in [3.63, 3.8) is 0 Å². The molecule has 5 heteroatoms. The van der Waals surface area contributed by atoms with Crippen molar-refractivity contribution in [2.24, 2.45) is 0 Å². The molecule has 2 rings (SSSR count). The largest absolute Gasteiger partial charge is 0.465 e. The molecule has 0 amide bonds. The second-order valence-electron chi connectivity index (χ2n) is 5.27. The van der Waals surface area contributed by atoms with Crippen molar-refractivity contribution in [1.82, 2.24) is 5.32 Å². The van der Waals surface area contributed by atoms with Crippen LogP contribution in [-0.2, 0) is 11.3 Å². The molecule has 1 aromatic rings. The van der Waals surface area contributed by atoms with Gasteiger partial charge < -0.3 is 10.1 Å². The minimum Gasteiger partial charge on any atom is -0.465 e. The number of hydrogen-bond donors (Lipinski definition) is 1. The van der Waals surface area contributed by atoms with Gasteiger partial charge in [0.05, 0.1) is 12.7 Å². The van der Waals surface area contributed by atoms with Crippen LogP contribution in [0.5, 0.6) is 0 Å². The zero-order valence-electron chi connectivity index (χ0n) is 12.5. The molecule has 116 valence electrons. The van der Waals surface area contributed by atoms with E-state index in [9.17, 15) is 4.79 Å². The lowest BCUT2D eigenvalue weighted by Crippen LogP contribution is -2.26. The highest BCUT2D eigenvalue weighted by atomic mass is 79.9. The lowest BCUT2D eigenvalue weighted by atomic mass is 10.1. The summed E-state index contributed by atoms with van der Waals surface area (Å²) in [7, 11) is 1.40. The van der Waals surface area contributed by atoms with E-state index in [1.54, 1.807) is 0 Å². The molecule has 1 N–H and O–H groups in total. The van der Waals surface area contributed by atoms with Crippen LogP contribution in [0.15, 0.2) is 22.7 Å². The van der Waals surface area contributed by atoms with E-state index >= 15 is 0 Å². The average molecular weight is 372 g/mol. The lowest BCUT2D eigenvalue weighted by molar-refractivity contribution is 0.0600. The van der Waals surface area contributed by atoms with Crippen LogP contribution >= 0.6 is 27.7 Å². The predicted molar refractivity (Wildman–Crippen MR) is 91.9 cm³/mol. The molecule has 21 heavy (non-hydrogen) atoms. The number of ether oxygens (including phenoxy) is 1. The van der Waals surface area contributed by atoms with Crippen LogP contribution in [0.4, 0.5) is 0 Å². The standard InChI is InChI=1S/C16H22BrNO2S/c1-3-21-14-7-6-13(9-14)18-10-12-5-4-11(8-15(12)17)16(19)20-2/h4-5,8,13-14,18H,3,6-7,9-10H2,1-2H3. The number of rotatable bonds is 6. The van der Waals surface area contributed by atoms with Crippen LogP contribution in [0, 0.1) is 0 Å². The second kappa shape index (κ2) is 8.20. The molecule has 0 spiro atoms. The first kappa shape index (κ1) is 16.8. The summed E-state index contributed by atoms with van der Waals surface area (Å²) in [6, 6.07) is 6.24. The number of hydrogen-bond acceptors (Lipinski definition) is 4. The van der Waals surface area contributed by atoms with Crippen LogP contribution in [0.1, 0.15) is 42.1 Å². The first-order valence-electron chi connectivity index (χ1n) is 7.35. The Morgan fingerprint density at radius 3 is 2.95 bits per heavy atom. The zero-order valence-corrected chi connectivity index (χ0v) is 14.9. The second-order valence-corrected chi connectivity index (χ2v) is 7.70. The third-order valence-electron chi connectivity index (χ3n) is 3.84. The maximum atomic E-state index is 11.5. The number of carbonyl (C=O) groups is 1. The van der Waals surface area contributed by atoms with E-state index in [1.807, 2.05) is 18.2 Å². The minimum absolute atomic E-state index is 0.301. The maximum Gasteiger partial charge on any atom is 0.337 e. The monoisotopic (exact) mass is 371 g/mol. The third-order valence-corrected chi connectivity index (χ3v) is 5.81. The molecule has 0 aliphatic heterocycles. The van der Waals surface area contributed by atoms with Gasteiger partial charge in [0, 0.05) is 22.3 Å². The summed E-state index contributed by atoms with van der Waals surface area (Å²) in [5.74, 6) is 0.906. The molecule has 1 aliphatic rings. The van der Waals surface area contributed by atoms with Crippen LogP contribution in [0.3, 0.4) is 0 Å². The molecule has 0 radical (unpaired) electrons. The Morgan fingerprint density at radius 1 is 1.48 bits per heavy atom. The van der Waals surface area contributed by atoms with Gasteiger partial charge in [-0.2, -0.15) is 11.8 Å². The van der Waals surface area contributed by atoms with Crippen LogP contribution < -0.4 is 5.32 Å². The van der Waals surface area contributed by atoms with Gasteiger partial charge in [0.1, 0.15) is 0 Å². The number of esters is 1. The summed E-state index contributed by atoms with van der Waals surface area (Å²) in [4.78, 5) is 11.5. The molecule has 0 aromatic heterocycles. The molecule has 1 saturated carbocycles. The van der Waals surface area contributed by atoms with Gasteiger partial charge in [0.15, 0.2) is 0 Å². The van der Waals surface area contributed by atoms with Crippen LogP contribution in [0.25, 0.3) is 0 Å². The fourth-order valence-electron chi connectivity index (χ4n) is 2.70. The molecule has 2 unspecified atom stereocenters. The van der Waals surface area contributed by atoms with Crippen molar-refractivity contribution in [3.8, 4) is 0 Å². The topological polar surface area (TPSA) is 38.3 Å². The molecule has 0 heterocycles. The average Bonchev–Trinajstić information content (AvgIpc) is 2.93. The fourth-order valence-corrected chi connectivity index (χ4v) is 4.36. The van der Waals surface area contributed by atoms with Crippen LogP contribution in [0.2, 0.25) is 0 Å². The quantitative estimate of drug-likeness (QED) is 0.766. The summed E-state index contributed by atoms with van der Waals surface area (Å²) in [5, 5.41) is 4.45. The number of nitrogens with one attached hydrogen (secondary N) is 1. The Morgan fingerprint density at radius 2 is 2.29 bits per heavy atom. The van der Waals surface area contributed by atoms with Gasteiger partial charge in [-0.25, -0.2) is 4.79 Å². The molecule has 0 bridgehead atoms.